The van der Waals surface area contributed by atoms with Crippen molar-refractivity contribution in [2.45, 2.75) is 13.1 Å². The van der Waals surface area contributed by atoms with Gasteiger partial charge in [0.05, 0.1) is 12.1 Å². The quantitative estimate of drug-likeness (QED) is 0.443. The van der Waals surface area contributed by atoms with E-state index in [2.05, 4.69) is 15.3 Å². The van der Waals surface area contributed by atoms with Crippen LogP contribution < -0.4 is 20.5 Å². The molecule has 1 N–H and O–H groups in total. The average Bonchev–Trinajstić information content (AvgIpc) is 3.22. The van der Waals surface area contributed by atoms with Gasteiger partial charge in [0, 0.05) is 19.3 Å². The summed E-state index contributed by atoms with van der Waals surface area (Å²) in [6.07, 6.45) is 1.34. The van der Waals surface area contributed by atoms with Gasteiger partial charge in [0.2, 0.25) is 5.91 Å². The molecular weight excluding hydrogens is 450 g/mol. The zero-order valence-electron chi connectivity index (χ0n) is 17.4. The van der Waals surface area contributed by atoms with Crippen LogP contribution in [0.2, 0.25) is 5.02 Å². The molecule has 164 valence electrons. The van der Waals surface area contributed by atoms with E-state index < -0.39 is 0 Å². The van der Waals surface area contributed by atoms with Gasteiger partial charge in [-0.3, -0.25) is 14.2 Å². The Morgan fingerprint density at radius 3 is 2.75 bits per heavy atom. The molecule has 8 nitrogen and oxygen atoms in total. The minimum absolute atomic E-state index is 0.182. The van der Waals surface area contributed by atoms with Gasteiger partial charge in [-0.15, -0.1) is 0 Å². The Hall–Kier alpha value is -3.43. The molecular formula is C22H20ClN5O3S. The first-order valence-corrected chi connectivity index (χ1v) is 10.9. The fourth-order valence-corrected chi connectivity index (χ4v) is 4.32. The molecule has 2 aromatic carbocycles. The van der Waals surface area contributed by atoms with Crippen molar-refractivity contribution in [2.75, 3.05) is 24.4 Å². The van der Waals surface area contributed by atoms with Gasteiger partial charge < -0.3 is 15.0 Å². The zero-order valence-corrected chi connectivity index (χ0v) is 19.0. The second-order valence-electron chi connectivity index (χ2n) is 7.07. The minimum Gasteiger partial charge on any atom is -0.495 e. The Morgan fingerprint density at radius 1 is 1.25 bits per heavy atom. The highest BCUT2D eigenvalue weighted by Crippen LogP contribution is 2.27. The molecule has 4 rings (SSSR count). The van der Waals surface area contributed by atoms with Gasteiger partial charge in [-0.05, 0) is 23.8 Å². The fourth-order valence-electron chi connectivity index (χ4n) is 3.14. The summed E-state index contributed by atoms with van der Waals surface area (Å²) in [6, 6.07) is 14.9. The summed E-state index contributed by atoms with van der Waals surface area (Å²) in [5.74, 6) is 0.134. The van der Waals surface area contributed by atoms with Crippen molar-refractivity contribution in [3.8, 4) is 5.75 Å². The molecule has 0 spiro atoms. The van der Waals surface area contributed by atoms with E-state index in [0.717, 1.165) is 5.56 Å². The molecule has 1 amide bonds. The Morgan fingerprint density at radius 2 is 2.03 bits per heavy atom. The number of halogens is 1. The van der Waals surface area contributed by atoms with E-state index in [-0.39, 0.29) is 18.0 Å². The second-order valence-corrected chi connectivity index (χ2v) is 8.45. The van der Waals surface area contributed by atoms with Crippen molar-refractivity contribution in [2.24, 2.45) is 0 Å². The summed E-state index contributed by atoms with van der Waals surface area (Å²) < 4.78 is 6.77. The van der Waals surface area contributed by atoms with Crippen LogP contribution in [0.1, 0.15) is 5.56 Å². The normalized spacial score (nSPS) is 10.8. The van der Waals surface area contributed by atoms with Gasteiger partial charge in [0.1, 0.15) is 23.3 Å². The smallest absolute Gasteiger partial charge is 0.273 e. The number of carbonyl (C=O) groups is 1. The van der Waals surface area contributed by atoms with Crippen molar-refractivity contribution in [1.29, 1.82) is 0 Å². The number of nitrogens with one attached hydrogen (secondary N) is 1. The summed E-state index contributed by atoms with van der Waals surface area (Å²) in [5, 5.41) is 3.78. The van der Waals surface area contributed by atoms with Crippen LogP contribution in [0.3, 0.4) is 0 Å². The number of benzene rings is 2. The van der Waals surface area contributed by atoms with Crippen LogP contribution in [-0.4, -0.2) is 34.6 Å². The number of fused-ring (bicyclic) bond motifs is 1. The van der Waals surface area contributed by atoms with Crippen LogP contribution in [0.5, 0.6) is 5.75 Å². The molecule has 32 heavy (non-hydrogen) atoms. The van der Waals surface area contributed by atoms with Gasteiger partial charge >= 0.3 is 0 Å². The number of aromatic nitrogens is 3. The highest BCUT2D eigenvalue weighted by atomic mass is 35.5. The number of thiazole rings is 1. The maximum Gasteiger partial charge on any atom is 0.273 e. The highest BCUT2D eigenvalue weighted by Gasteiger charge is 2.15. The first kappa shape index (κ1) is 21.8. The van der Waals surface area contributed by atoms with Gasteiger partial charge in [0.15, 0.2) is 10.8 Å². The predicted molar refractivity (Wildman–Crippen MR) is 127 cm³/mol. The number of hydrogen-bond acceptors (Lipinski definition) is 7. The standard InChI is InChI=1S/C22H20ClN5O3S/c1-27(11-14-6-4-3-5-7-14)22-26-20-19(32-22)21(30)28(13-24-20)12-18(29)25-15-8-9-17(31-2)16(23)10-15/h3-10,13H,11-12H2,1-2H3,(H,25,29). The lowest BCUT2D eigenvalue weighted by Crippen LogP contribution is -2.27. The minimum atomic E-state index is -0.375. The summed E-state index contributed by atoms with van der Waals surface area (Å²) in [6.45, 7) is 0.472. The van der Waals surface area contributed by atoms with E-state index >= 15 is 0 Å². The molecule has 0 unspecified atom stereocenters. The van der Waals surface area contributed by atoms with Crippen LogP contribution >= 0.6 is 22.9 Å². The molecule has 4 aromatic rings. The number of nitrogens with zero attached hydrogens (tertiary/aromatic N) is 4. The fraction of sp³-hybridized carbons (Fsp3) is 0.182. The third kappa shape index (κ3) is 4.74. The third-order valence-corrected chi connectivity index (χ3v) is 6.15. The molecule has 10 heteroatoms. The predicted octanol–water partition coefficient (Wildman–Crippen LogP) is 3.79. The van der Waals surface area contributed by atoms with Crippen LogP contribution in [0.15, 0.2) is 59.7 Å². The number of ether oxygens (including phenoxy) is 1. The Bertz CT molecular complexity index is 1320. The number of hydrogen-bond donors (Lipinski definition) is 1. The number of carbonyl (C=O) groups excluding carboxylic acids is 1. The molecule has 0 saturated carbocycles. The van der Waals surface area contributed by atoms with Gasteiger partial charge in [-0.2, -0.15) is 4.98 Å². The van der Waals surface area contributed by atoms with Gasteiger partial charge in [0.25, 0.3) is 5.56 Å². The second kappa shape index (κ2) is 9.37. The summed E-state index contributed by atoms with van der Waals surface area (Å²) in [5.41, 5.74) is 1.70. The topological polar surface area (TPSA) is 89.3 Å². The van der Waals surface area contributed by atoms with Crippen LogP contribution in [0.4, 0.5) is 10.8 Å². The number of methoxy groups -OCH3 is 1. The highest BCUT2D eigenvalue weighted by molar-refractivity contribution is 7.22. The summed E-state index contributed by atoms with van der Waals surface area (Å²) >= 11 is 7.35. The Balaban J connectivity index is 1.50. The Kier molecular flexibility index (Phi) is 6.38. The van der Waals surface area contributed by atoms with E-state index in [1.807, 2.05) is 42.3 Å². The summed E-state index contributed by atoms with van der Waals surface area (Å²) in [4.78, 5) is 36.1. The van der Waals surface area contributed by atoms with Crippen LogP contribution in [0.25, 0.3) is 10.3 Å². The van der Waals surface area contributed by atoms with Crippen molar-refractivity contribution in [3.05, 3.63) is 75.8 Å². The molecule has 2 aromatic heterocycles. The van der Waals surface area contributed by atoms with Crippen LogP contribution in [0, 0.1) is 0 Å². The van der Waals surface area contributed by atoms with Crippen molar-refractivity contribution in [3.63, 3.8) is 0 Å². The Labute approximate surface area is 193 Å². The third-order valence-electron chi connectivity index (χ3n) is 4.71. The molecule has 0 bridgehead atoms. The van der Waals surface area contributed by atoms with E-state index in [0.29, 0.717) is 38.5 Å². The molecule has 2 heterocycles. The van der Waals surface area contributed by atoms with Gasteiger partial charge in [-0.1, -0.05) is 53.3 Å². The zero-order chi connectivity index (χ0) is 22.7. The van der Waals surface area contributed by atoms with E-state index in [9.17, 15) is 9.59 Å². The lowest BCUT2D eigenvalue weighted by Gasteiger charge is -2.15. The maximum atomic E-state index is 12.9. The van der Waals surface area contributed by atoms with Crippen LogP contribution in [-0.2, 0) is 17.9 Å². The lowest BCUT2D eigenvalue weighted by atomic mass is 10.2. The van der Waals surface area contributed by atoms with E-state index in [1.165, 1.54) is 29.3 Å². The molecule has 0 fully saturated rings. The SMILES string of the molecule is COc1ccc(NC(=O)Cn2cnc3nc(N(C)Cc4ccccc4)sc3c2=O)cc1Cl. The maximum absolute atomic E-state index is 12.9. The first-order valence-electron chi connectivity index (χ1n) is 9.69. The van der Waals surface area contributed by atoms with Gasteiger partial charge in [-0.25, -0.2) is 4.98 Å². The molecule has 0 aliphatic rings. The van der Waals surface area contributed by atoms with Crippen molar-refractivity contribution >= 4 is 50.0 Å². The number of amides is 1. The summed E-state index contributed by atoms with van der Waals surface area (Å²) in [7, 11) is 3.43. The van der Waals surface area contributed by atoms with Crippen molar-refractivity contribution < 1.29 is 9.53 Å². The van der Waals surface area contributed by atoms with Crippen molar-refractivity contribution in [1.82, 2.24) is 14.5 Å². The molecule has 0 atom stereocenters. The largest absolute Gasteiger partial charge is 0.495 e. The molecule has 0 aliphatic carbocycles. The molecule has 0 aliphatic heterocycles. The number of anilines is 2. The van der Waals surface area contributed by atoms with E-state index in [1.54, 1.807) is 18.2 Å². The number of rotatable bonds is 7. The lowest BCUT2D eigenvalue weighted by molar-refractivity contribution is -0.116. The first-order chi connectivity index (χ1) is 15.4. The van der Waals surface area contributed by atoms with E-state index in [4.69, 9.17) is 16.3 Å². The monoisotopic (exact) mass is 469 g/mol. The molecule has 0 radical (unpaired) electrons. The molecule has 0 saturated heterocycles. The average molecular weight is 470 g/mol.